The van der Waals surface area contributed by atoms with Crippen molar-refractivity contribution in [2.24, 2.45) is 23.2 Å². The second-order valence-corrected chi connectivity index (χ2v) is 5.35. The maximum atomic E-state index is 3.57. The quantitative estimate of drug-likeness (QED) is 0.632. The molecule has 1 heterocycles. The van der Waals surface area contributed by atoms with Crippen molar-refractivity contribution in [3.05, 3.63) is 0 Å². The van der Waals surface area contributed by atoms with Gasteiger partial charge in [0.05, 0.1) is 0 Å². The van der Waals surface area contributed by atoms with E-state index in [0.717, 1.165) is 17.8 Å². The highest BCUT2D eigenvalue weighted by Crippen LogP contribution is 2.51. The summed E-state index contributed by atoms with van der Waals surface area (Å²) in [6.45, 7) is 9.80. The zero-order valence-electron chi connectivity index (χ0n) is 8.56. The summed E-state index contributed by atoms with van der Waals surface area (Å²) in [4.78, 5) is 0. The zero-order chi connectivity index (χ0) is 8.77. The van der Waals surface area contributed by atoms with Crippen LogP contribution in [0.4, 0.5) is 0 Å². The second-order valence-electron chi connectivity index (χ2n) is 5.35. The maximum Gasteiger partial charge on any atom is 0.000814 e. The van der Waals surface area contributed by atoms with Crippen LogP contribution < -0.4 is 5.32 Å². The van der Waals surface area contributed by atoms with Crippen molar-refractivity contribution in [2.75, 3.05) is 13.1 Å². The van der Waals surface area contributed by atoms with Gasteiger partial charge in [-0.15, -0.1) is 0 Å². The van der Waals surface area contributed by atoms with Crippen molar-refractivity contribution in [2.45, 2.75) is 33.6 Å². The molecule has 0 radical (unpaired) electrons. The molecule has 2 fully saturated rings. The van der Waals surface area contributed by atoms with Gasteiger partial charge in [-0.05, 0) is 42.6 Å². The maximum absolute atomic E-state index is 3.57. The lowest BCUT2D eigenvalue weighted by atomic mass is 9.69. The number of hydrogen-bond acceptors (Lipinski definition) is 1. The molecule has 2 aliphatic rings. The normalized spacial score (nSPS) is 47.0. The smallest absolute Gasteiger partial charge is 0.000814 e. The third kappa shape index (κ3) is 1.10. The third-order valence-electron chi connectivity index (χ3n) is 4.05. The highest BCUT2D eigenvalue weighted by Gasteiger charge is 2.48. The fourth-order valence-electron chi connectivity index (χ4n) is 3.76. The molecule has 1 heteroatoms. The summed E-state index contributed by atoms with van der Waals surface area (Å²) in [6.07, 6.45) is 2.92. The summed E-state index contributed by atoms with van der Waals surface area (Å²) in [5, 5.41) is 3.57. The minimum absolute atomic E-state index is 0.622. The molecular formula is C11H21N. The molecule has 1 aliphatic carbocycles. The lowest BCUT2D eigenvalue weighted by Crippen LogP contribution is -2.46. The van der Waals surface area contributed by atoms with Gasteiger partial charge in [0.15, 0.2) is 0 Å². The highest BCUT2D eigenvalue weighted by molar-refractivity contribution is 5.00. The van der Waals surface area contributed by atoms with E-state index in [2.05, 4.69) is 26.1 Å². The summed E-state index contributed by atoms with van der Waals surface area (Å²) in [5.41, 5.74) is 0.622. The predicted molar refractivity (Wildman–Crippen MR) is 52.0 cm³/mol. The van der Waals surface area contributed by atoms with Crippen LogP contribution in [0.3, 0.4) is 0 Å². The number of hydrogen-bond donors (Lipinski definition) is 1. The first-order valence-corrected chi connectivity index (χ1v) is 5.34. The van der Waals surface area contributed by atoms with Gasteiger partial charge in [0.2, 0.25) is 0 Å². The number of piperidine rings is 1. The van der Waals surface area contributed by atoms with Crippen molar-refractivity contribution < 1.29 is 0 Å². The van der Waals surface area contributed by atoms with Gasteiger partial charge in [0.1, 0.15) is 0 Å². The van der Waals surface area contributed by atoms with E-state index in [0.29, 0.717) is 5.41 Å². The van der Waals surface area contributed by atoms with Crippen LogP contribution >= 0.6 is 0 Å². The summed E-state index contributed by atoms with van der Waals surface area (Å²) in [6, 6.07) is 0. The van der Waals surface area contributed by atoms with Gasteiger partial charge >= 0.3 is 0 Å². The molecule has 1 saturated carbocycles. The standard InChI is InChI=1S/C11H21N/c1-8(2)10-9-4-5-11(10,3)7-12-6-9/h8-10,12H,4-7H2,1-3H3. The third-order valence-corrected chi connectivity index (χ3v) is 4.05. The van der Waals surface area contributed by atoms with E-state index in [4.69, 9.17) is 0 Å². The van der Waals surface area contributed by atoms with E-state index in [9.17, 15) is 0 Å². The molecular weight excluding hydrogens is 146 g/mol. The fraction of sp³-hybridized carbons (Fsp3) is 1.00. The second kappa shape index (κ2) is 2.73. The molecule has 12 heavy (non-hydrogen) atoms. The van der Waals surface area contributed by atoms with Gasteiger partial charge < -0.3 is 5.32 Å². The Kier molecular flexibility index (Phi) is 1.95. The minimum atomic E-state index is 0.622. The Morgan fingerprint density at radius 2 is 2.17 bits per heavy atom. The Bertz CT molecular complexity index is 172. The Morgan fingerprint density at radius 3 is 2.67 bits per heavy atom. The van der Waals surface area contributed by atoms with Crippen molar-refractivity contribution in [3.63, 3.8) is 0 Å². The molecule has 0 aromatic carbocycles. The average Bonchev–Trinajstić information content (AvgIpc) is 2.18. The fourth-order valence-corrected chi connectivity index (χ4v) is 3.76. The van der Waals surface area contributed by atoms with Crippen LogP contribution in [0.15, 0.2) is 0 Å². The van der Waals surface area contributed by atoms with E-state index in [1.807, 2.05) is 0 Å². The van der Waals surface area contributed by atoms with Gasteiger partial charge in [-0.1, -0.05) is 20.8 Å². The summed E-state index contributed by atoms with van der Waals surface area (Å²) in [7, 11) is 0. The summed E-state index contributed by atoms with van der Waals surface area (Å²) in [5.74, 6) is 2.84. The number of nitrogens with one attached hydrogen (secondary N) is 1. The number of fused-ring (bicyclic) bond motifs is 2. The molecule has 70 valence electrons. The molecule has 1 nitrogen and oxygen atoms in total. The number of rotatable bonds is 1. The summed E-state index contributed by atoms with van der Waals surface area (Å²) < 4.78 is 0. The van der Waals surface area contributed by atoms with E-state index in [-0.39, 0.29) is 0 Å². The van der Waals surface area contributed by atoms with Crippen LogP contribution in [0.2, 0.25) is 0 Å². The molecule has 1 N–H and O–H groups in total. The molecule has 0 spiro atoms. The average molecular weight is 167 g/mol. The van der Waals surface area contributed by atoms with Crippen LogP contribution in [0.1, 0.15) is 33.6 Å². The van der Waals surface area contributed by atoms with Gasteiger partial charge in [-0.2, -0.15) is 0 Å². The van der Waals surface area contributed by atoms with Crippen molar-refractivity contribution in [1.82, 2.24) is 5.32 Å². The lowest BCUT2D eigenvalue weighted by Gasteiger charge is -2.41. The molecule has 2 bridgehead atoms. The van der Waals surface area contributed by atoms with Crippen LogP contribution in [-0.4, -0.2) is 13.1 Å². The monoisotopic (exact) mass is 167 g/mol. The van der Waals surface area contributed by atoms with Crippen LogP contribution in [0, 0.1) is 23.2 Å². The van der Waals surface area contributed by atoms with Gasteiger partial charge in [-0.25, -0.2) is 0 Å². The minimum Gasteiger partial charge on any atom is -0.316 e. The Morgan fingerprint density at radius 1 is 1.42 bits per heavy atom. The lowest BCUT2D eigenvalue weighted by molar-refractivity contribution is 0.100. The van der Waals surface area contributed by atoms with Gasteiger partial charge in [-0.3, -0.25) is 0 Å². The zero-order valence-corrected chi connectivity index (χ0v) is 8.56. The Balaban J connectivity index is 2.21. The first-order valence-electron chi connectivity index (χ1n) is 5.34. The first-order chi connectivity index (χ1) is 5.63. The highest BCUT2D eigenvalue weighted by atomic mass is 14.9. The van der Waals surface area contributed by atoms with Crippen LogP contribution in [-0.2, 0) is 0 Å². The van der Waals surface area contributed by atoms with E-state index in [1.54, 1.807) is 0 Å². The Hall–Kier alpha value is -0.0400. The van der Waals surface area contributed by atoms with E-state index >= 15 is 0 Å². The summed E-state index contributed by atoms with van der Waals surface area (Å²) >= 11 is 0. The molecule has 3 atom stereocenters. The Labute approximate surface area is 75.9 Å². The van der Waals surface area contributed by atoms with Crippen molar-refractivity contribution in [1.29, 1.82) is 0 Å². The topological polar surface area (TPSA) is 12.0 Å². The SMILES string of the molecule is CC(C)C1C2CCC1(C)CNC2. The molecule has 0 aromatic rings. The van der Waals surface area contributed by atoms with Crippen LogP contribution in [0.5, 0.6) is 0 Å². The largest absolute Gasteiger partial charge is 0.316 e. The molecule has 0 aromatic heterocycles. The molecule has 1 saturated heterocycles. The first kappa shape index (κ1) is 8.55. The van der Waals surface area contributed by atoms with Crippen molar-refractivity contribution >= 4 is 0 Å². The predicted octanol–water partition coefficient (Wildman–Crippen LogP) is 2.28. The van der Waals surface area contributed by atoms with E-state index < -0.39 is 0 Å². The molecule has 0 amide bonds. The van der Waals surface area contributed by atoms with Gasteiger partial charge in [0, 0.05) is 6.54 Å². The van der Waals surface area contributed by atoms with Crippen LogP contribution in [0.25, 0.3) is 0 Å². The van der Waals surface area contributed by atoms with Gasteiger partial charge in [0.25, 0.3) is 0 Å². The molecule has 3 unspecified atom stereocenters. The molecule has 1 aliphatic heterocycles. The molecule has 2 rings (SSSR count). The van der Waals surface area contributed by atoms with E-state index in [1.165, 1.54) is 25.9 Å². The van der Waals surface area contributed by atoms with Crippen molar-refractivity contribution in [3.8, 4) is 0 Å².